The van der Waals surface area contributed by atoms with Gasteiger partial charge in [0.2, 0.25) is 0 Å². The first kappa shape index (κ1) is 20.5. The summed E-state index contributed by atoms with van der Waals surface area (Å²) in [5.41, 5.74) is 0.711. The normalized spacial score (nSPS) is 11.2. The Kier molecular flexibility index (Phi) is 8.47. The van der Waals surface area contributed by atoms with Gasteiger partial charge in [0.05, 0.1) is 6.61 Å². The summed E-state index contributed by atoms with van der Waals surface area (Å²) in [6, 6.07) is 3.40. The van der Waals surface area contributed by atoms with Crippen LogP contribution in [0.1, 0.15) is 30.9 Å². The monoisotopic (exact) mass is 330 g/mol. The molecule has 0 saturated carbocycles. The van der Waals surface area contributed by atoms with Gasteiger partial charge in [0.25, 0.3) is 0 Å². The van der Waals surface area contributed by atoms with E-state index in [4.69, 9.17) is 16.3 Å². The summed E-state index contributed by atoms with van der Waals surface area (Å²) in [6.45, 7) is 3.04. The predicted octanol–water partition coefficient (Wildman–Crippen LogP) is 2.10. The van der Waals surface area contributed by atoms with Crippen LogP contribution in [-0.4, -0.2) is 13.6 Å². The molecule has 0 atom stereocenters. The van der Waals surface area contributed by atoms with E-state index in [9.17, 15) is 12.9 Å². The maximum atomic E-state index is 12.4. The molecule has 0 amide bonds. The molecule has 0 spiro atoms. The van der Waals surface area contributed by atoms with E-state index in [1.165, 1.54) is 0 Å². The van der Waals surface area contributed by atoms with E-state index in [0.717, 1.165) is 5.56 Å². The van der Waals surface area contributed by atoms with Crippen molar-refractivity contribution in [2.75, 3.05) is 6.61 Å². The van der Waals surface area contributed by atoms with Crippen LogP contribution in [0.15, 0.2) is 24.2 Å². The largest absolute Gasteiger partial charge is 1.00 e. The molecule has 0 radical (unpaired) electrons. The van der Waals surface area contributed by atoms with Crippen LogP contribution in [0.4, 0.5) is 12.9 Å². The molecule has 1 nitrogen and oxygen atoms in total. The van der Waals surface area contributed by atoms with Gasteiger partial charge in [-0.1, -0.05) is 25.4 Å². The third-order valence-electron chi connectivity index (χ3n) is 2.79. The Morgan fingerprint density at radius 2 is 1.90 bits per heavy atom. The summed E-state index contributed by atoms with van der Waals surface area (Å²) in [4.78, 5) is 0. The summed E-state index contributed by atoms with van der Waals surface area (Å²) < 4.78 is 42.4. The van der Waals surface area contributed by atoms with E-state index < -0.39 is 19.1 Å². The van der Waals surface area contributed by atoms with Gasteiger partial charge in [-0.15, -0.1) is 12.1 Å². The molecule has 1 aromatic carbocycles. The van der Waals surface area contributed by atoms with E-state index in [1.807, 2.05) is 13.8 Å². The second-order valence-electron chi connectivity index (χ2n) is 4.82. The quantitative estimate of drug-likeness (QED) is 0.751. The van der Waals surface area contributed by atoms with Gasteiger partial charge in [0, 0.05) is 5.02 Å². The number of halogens is 4. The average Bonchev–Trinajstić information content (AvgIpc) is 2.25. The second kappa shape index (κ2) is 8.25. The first-order valence-corrected chi connectivity index (χ1v) is 6.31. The van der Waals surface area contributed by atoms with E-state index in [2.05, 4.69) is 6.58 Å². The van der Waals surface area contributed by atoms with Gasteiger partial charge in [0.15, 0.2) is 0 Å². The fraction of sp³-hybridized carbons (Fsp3) is 0.385. The molecule has 0 bridgehead atoms. The fourth-order valence-corrected chi connectivity index (χ4v) is 1.97. The van der Waals surface area contributed by atoms with Crippen molar-refractivity contribution >= 4 is 18.6 Å². The molecule has 0 saturated heterocycles. The van der Waals surface area contributed by atoms with Crippen molar-refractivity contribution in [3.8, 4) is 5.75 Å². The number of rotatable bonds is 5. The minimum Gasteiger partial charge on any atom is -0.492 e. The number of hydrogen-bond donors (Lipinski definition) is 0. The summed E-state index contributed by atoms with van der Waals surface area (Å²) in [5.74, 6) is 0.583. The van der Waals surface area contributed by atoms with Crippen LogP contribution >= 0.6 is 11.6 Å². The zero-order chi connectivity index (χ0) is 14.8. The standard InChI is InChI=1S/C13H16BClF3O.K/c1-8(2)11-6-13(9(3)5-12(11)15)19-7-10(4)14(16,17)18;/h5-6,8H,4,7H2,1-3H3;/q-1;+1. The van der Waals surface area contributed by atoms with Crippen molar-refractivity contribution in [1.29, 1.82) is 0 Å². The SMILES string of the molecule is C=C(COc1cc(C(C)C)c(Cl)cc1C)[B-](F)(F)F.[K+]. The Bertz CT molecular complexity index is 489. The number of ether oxygens (including phenoxy) is 1. The Hall–Kier alpha value is 0.541. The molecule has 1 aromatic rings. The van der Waals surface area contributed by atoms with E-state index in [1.54, 1.807) is 19.1 Å². The molecule has 0 N–H and O–H groups in total. The van der Waals surface area contributed by atoms with Crippen molar-refractivity contribution in [1.82, 2.24) is 0 Å². The van der Waals surface area contributed by atoms with E-state index in [-0.39, 0.29) is 57.3 Å². The smallest absolute Gasteiger partial charge is 0.492 e. The average molecular weight is 331 g/mol. The molecular weight excluding hydrogens is 314 g/mol. The molecule has 0 unspecified atom stereocenters. The molecule has 7 heteroatoms. The molecule has 106 valence electrons. The van der Waals surface area contributed by atoms with Gasteiger partial charge in [0.1, 0.15) is 5.75 Å². The minimum atomic E-state index is -5.06. The first-order chi connectivity index (χ1) is 8.62. The van der Waals surface area contributed by atoms with Crippen LogP contribution < -0.4 is 56.1 Å². The first-order valence-electron chi connectivity index (χ1n) is 5.93. The third kappa shape index (κ3) is 5.73. The van der Waals surface area contributed by atoms with Crippen molar-refractivity contribution in [3.05, 3.63) is 40.3 Å². The maximum Gasteiger partial charge on any atom is 1.00 e. The summed E-state index contributed by atoms with van der Waals surface area (Å²) in [7, 11) is 0. The molecule has 0 aliphatic rings. The Morgan fingerprint density at radius 1 is 1.35 bits per heavy atom. The van der Waals surface area contributed by atoms with Crippen LogP contribution in [0.2, 0.25) is 5.02 Å². The predicted molar refractivity (Wildman–Crippen MR) is 74.0 cm³/mol. The number of aryl methyl sites for hydroxylation is 1. The maximum absolute atomic E-state index is 12.4. The Morgan fingerprint density at radius 3 is 2.35 bits per heavy atom. The van der Waals surface area contributed by atoms with Gasteiger partial charge in [-0.3, -0.25) is 0 Å². The molecule has 0 aliphatic heterocycles. The second-order valence-corrected chi connectivity index (χ2v) is 5.22. The van der Waals surface area contributed by atoms with Gasteiger partial charge < -0.3 is 17.7 Å². The fourth-order valence-electron chi connectivity index (χ4n) is 1.53. The van der Waals surface area contributed by atoms with Crippen LogP contribution in [-0.2, 0) is 0 Å². The van der Waals surface area contributed by atoms with Crippen molar-refractivity contribution in [2.45, 2.75) is 26.7 Å². The van der Waals surface area contributed by atoms with Gasteiger partial charge in [-0.25, -0.2) is 0 Å². The molecule has 0 aliphatic carbocycles. The van der Waals surface area contributed by atoms with Gasteiger partial charge in [-0.05, 0) is 36.1 Å². The van der Waals surface area contributed by atoms with Crippen LogP contribution in [0.25, 0.3) is 0 Å². The Labute approximate surface area is 165 Å². The van der Waals surface area contributed by atoms with Gasteiger partial charge in [-0.2, -0.15) is 0 Å². The Balaban J connectivity index is 0.00000361. The minimum absolute atomic E-state index is 0. The number of hydrogen-bond acceptors (Lipinski definition) is 1. The molecule has 0 aromatic heterocycles. The molecule has 0 heterocycles. The third-order valence-corrected chi connectivity index (χ3v) is 3.12. The van der Waals surface area contributed by atoms with Crippen molar-refractivity contribution in [3.63, 3.8) is 0 Å². The molecule has 0 fully saturated rings. The van der Waals surface area contributed by atoms with E-state index in [0.29, 0.717) is 16.3 Å². The van der Waals surface area contributed by atoms with Crippen LogP contribution in [0, 0.1) is 6.92 Å². The molecule has 20 heavy (non-hydrogen) atoms. The van der Waals surface area contributed by atoms with Crippen LogP contribution in [0.3, 0.4) is 0 Å². The zero-order valence-electron chi connectivity index (χ0n) is 12.1. The number of benzene rings is 1. The molecule has 1 rings (SSSR count). The topological polar surface area (TPSA) is 9.23 Å². The van der Waals surface area contributed by atoms with Gasteiger partial charge >= 0.3 is 58.4 Å². The summed E-state index contributed by atoms with van der Waals surface area (Å²) >= 11 is 6.08. The zero-order valence-corrected chi connectivity index (χ0v) is 16.0. The molecular formula is C13H16BClF3KO. The van der Waals surface area contributed by atoms with Crippen molar-refractivity contribution in [2.24, 2.45) is 0 Å². The van der Waals surface area contributed by atoms with Crippen molar-refractivity contribution < 1.29 is 69.1 Å². The summed E-state index contributed by atoms with van der Waals surface area (Å²) in [6.07, 6.45) is 0. The van der Waals surface area contributed by atoms with Crippen LogP contribution in [0.5, 0.6) is 5.75 Å². The summed E-state index contributed by atoms with van der Waals surface area (Å²) in [5, 5.41) is 0.596. The van der Waals surface area contributed by atoms with E-state index >= 15 is 0 Å².